The molecule has 0 atom stereocenters. The normalized spacial score (nSPS) is 12.3. The highest BCUT2D eigenvalue weighted by Crippen LogP contribution is 2.32. The molecule has 1 amide bonds. The van der Waals surface area contributed by atoms with Gasteiger partial charge in [-0.3, -0.25) is 0 Å². The Balaban J connectivity index is 2.40. The molecule has 0 aliphatic carbocycles. The number of carbonyl (C=O) groups excluding carboxylic acids is 1. The van der Waals surface area contributed by atoms with Crippen LogP contribution >= 0.6 is 43.2 Å². The lowest BCUT2D eigenvalue weighted by atomic mass is 10.1. The van der Waals surface area contributed by atoms with Crippen LogP contribution in [0.15, 0.2) is 14.3 Å². The van der Waals surface area contributed by atoms with Gasteiger partial charge in [-0.2, -0.15) is 0 Å². The van der Waals surface area contributed by atoms with Gasteiger partial charge in [-0.25, -0.2) is 4.79 Å². The monoisotopic (exact) mass is 440 g/mol. The molecule has 21 heavy (non-hydrogen) atoms. The Kier molecular flexibility index (Phi) is 6.71. The molecule has 120 valence electrons. The maximum absolute atomic E-state index is 11.8. The summed E-state index contributed by atoms with van der Waals surface area (Å²) in [5.74, 6) is 0. The highest BCUT2D eigenvalue weighted by Gasteiger charge is 2.24. The van der Waals surface area contributed by atoms with Crippen molar-refractivity contribution in [3.05, 3.63) is 19.2 Å². The average molecular weight is 442 g/mol. The van der Waals surface area contributed by atoms with Crippen molar-refractivity contribution >= 4 is 49.3 Å². The van der Waals surface area contributed by atoms with Gasteiger partial charge in [0.15, 0.2) is 0 Å². The van der Waals surface area contributed by atoms with Crippen LogP contribution in [0, 0.1) is 0 Å². The van der Waals surface area contributed by atoms with Crippen molar-refractivity contribution in [1.82, 2.24) is 10.6 Å². The van der Waals surface area contributed by atoms with E-state index in [0.717, 1.165) is 14.8 Å². The zero-order chi connectivity index (χ0) is 16.3. The molecule has 1 aromatic rings. The van der Waals surface area contributed by atoms with Gasteiger partial charge >= 0.3 is 6.09 Å². The Morgan fingerprint density at radius 2 is 1.90 bits per heavy atom. The molecular formula is C14H22Br2N2O2S. The second-order valence-corrected chi connectivity index (χ2v) is 9.76. The van der Waals surface area contributed by atoms with Crippen LogP contribution in [0.2, 0.25) is 0 Å². The summed E-state index contributed by atoms with van der Waals surface area (Å²) in [6, 6.07) is 2.08. The summed E-state index contributed by atoms with van der Waals surface area (Å²) in [6.45, 7) is 10.9. The second-order valence-electron chi connectivity index (χ2n) is 6.45. The third kappa shape index (κ3) is 7.63. The fourth-order valence-corrected chi connectivity index (χ4v) is 3.75. The first-order valence-corrected chi connectivity index (χ1v) is 9.04. The summed E-state index contributed by atoms with van der Waals surface area (Å²) in [5, 5.41) is 6.23. The van der Waals surface area contributed by atoms with E-state index in [4.69, 9.17) is 4.74 Å². The molecule has 0 saturated heterocycles. The number of halogens is 2. The van der Waals surface area contributed by atoms with E-state index in [1.165, 1.54) is 4.88 Å². The van der Waals surface area contributed by atoms with Gasteiger partial charge < -0.3 is 15.4 Å². The zero-order valence-electron chi connectivity index (χ0n) is 13.0. The largest absolute Gasteiger partial charge is 0.444 e. The molecule has 0 aliphatic rings. The minimum Gasteiger partial charge on any atom is -0.444 e. The van der Waals surface area contributed by atoms with Crippen LogP contribution in [-0.2, 0) is 11.3 Å². The highest BCUT2D eigenvalue weighted by molar-refractivity contribution is 9.13. The highest BCUT2D eigenvalue weighted by atomic mass is 79.9. The van der Waals surface area contributed by atoms with Gasteiger partial charge in [-0.15, -0.1) is 11.3 Å². The van der Waals surface area contributed by atoms with Crippen LogP contribution in [0.3, 0.4) is 0 Å². The molecule has 0 unspecified atom stereocenters. The molecule has 0 fully saturated rings. The molecule has 0 radical (unpaired) electrons. The standard InChI is InChI=1S/C14H22Br2N2O2S/c1-13(2,3)20-12(19)18-14(4,5)8-17-7-9-6-10(15)11(16)21-9/h6,17H,7-8H2,1-5H3,(H,18,19). The summed E-state index contributed by atoms with van der Waals surface area (Å²) in [5.41, 5.74) is -0.864. The van der Waals surface area contributed by atoms with Crippen molar-refractivity contribution in [3.63, 3.8) is 0 Å². The summed E-state index contributed by atoms with van der Waals surface area (Å²) < 4.78 is 7.42. The Bertz CT molecular complexity index is 476. The maximum atomic E-state index is 11.8. The van der Waals surface area contributed by atoms with Crippen LogP contribution in [0.1, 0.15) is 39.5 Å². The number of rotatable bonds is 5. The topological polar surface area (TPSA) is 50.4 Å². The molecule has 1 rings (SSSR count). The predicted molar refractivity (Wildman–Crippen MR) is 94.9 cm³/mol. The number of nitrogens with one attached hydrogen (secondary N) is 2. The predicted octanol–water partition coefficient (Wildman–Crippen LogP) is 4.67. The Morgan fingerprint density at radius 1 is 1.29 bits per heavy atom. The molecule has 0 aromatic carbocycles. The van der Waals surface area contributed by atoms with Crippen molar-refractivity contribution in [3.8, 4) is 0 Å². The van der Waals surface area contributed by atoms with Crippen LogP contribution in [0.5, 0.6) is 0 Å². The molecule has 7 heteroatoms. The SMILES string of the molecule is CC(C)(CNCc1cc(Br)c(Br)s1)NC(=O)OC(C)(C)C. The summed E-state index contributed by atoms with van der Waals surface area (Å²) in [6.07, 6.45) is -0.393. The Hall–Kier alpha value is -0.110. The Morgan fingerprint density at radius 3 is 2.38 bits per heavy atom. The van der Waals surface area contributed by atoms with Gasteiger partial charge in [0, 0.05) is 22.4 Å². The van der Waals surface area contributed by atoms with E-state index in [9.17, 15) is 4.79 Å². The first kappa shape index (κ1) is 18.9. The first-order valence-electron chi connectivity index (χ1n) is 6.64. The van der Waals surface area contributed by atoms with E-state index < -0.39 is 11.7 Å². The van der Waals surface area contributed by atoms with E-state index in [1.54, 1.807) is 11.3 Å². The van der Waals surface area contributed by atoms with Crippen molar-refractivity contribution in [1.29, 1.82) is 0 Å². The number of alkyl carbamates (subject to hydrolysis) is 1. The fourth-order valence-electron chi connectivity index (χ4n) is 1.60. The molecule has 2 N–H and O–H groups in total. The van der Waals surface area contributed by atoms with Gasteiger partial charge in [0.25, 0.3) is 0 Å². The minimum absolute atomic E-state index is 0.381. The van der Waals surface area contributed by atoms with Gasteiger partial charge in [-0.1, -0.05) is 0 Å². The fraction of sp³-hybridized carbons (Fsp3) is 0.643. The molecule has 0 saturated carbocycles. The lowest BCUT2D eigenvalue weighted by molar-refractivity contribution is 0.0472. The zero-order valence-corrected chi connectivity index (χ0v) is 17.0. The van der Waals surface area contributed by atoms with E-state index in [0.29, 0.717) is 6.54 Å². The van der Waals surface area contributed by atoms with Crippen molar-refractivity contribution in [2.75, 3.05) is 6.54 Å². The molecule has 0 spiro atoms. The number of carbonyl (C=O) groups is 1. The van der Waals surface area contributed by atoms with Gasteiger partial charge in [-0.05, 0) is 72.5 Å². The lowest BCUT2D eigenvalue weighted by Crippen LogP contribution is -2.51. The van der Waals surface area contributed by atoms with Crippen LogP contribution in [0.4, 0.5) is 4.79 Å². The smallest absolute Gasteiger partial charge is 0.408 e. The van der Waals surface area contributed by atoms with Crippen molar-refractivity contribution in [2.24, 2.45) is 0 Å². The van der Waals surface area contributed by atoms with E-state index >= 15 is 0 Å². The summed E-state index contributed by atoms with van der Waals surface area (Å²) >= 11 is 8.63. The quantitative estimate of drug-likeness (QED) is 0.698. The van der Waals surface area contributed by atoms with Gasteiger partial charge in [0.2, 0.25) is 0 Å². The molecular weight excluding hydrogens is 420 g/mol. The van der Waals surface area contributed by atoms with E-state index in [1.807, 2.05) is 34.6 Å². The summed E-state index contributed by atoms with van der Waals surface area (Å²) in [4.78, 5) is 13.0. The summed E-state index contributed by atoms with van der Waals surface area (Å²) in [7, 11) is 0. The maximum Gasteiger partial charge on any atom is 0.408 e. The first-order chi connectivity index (χ1) is 9.48. The molecule has 1 aromatic heterocycles. The van der Waals surface area contributed by atoms with Crippen molar-refractivity contribution in [2.45, 2.75) is 52.3 Å². The number of hydrogen-bond donors (Lipinski definition) is 2. The minimum atomic E-state index is -0.483. The number of hydrogen-bond acceptors (Lipinski definition) is 4. The molecule has 1 heterocycles. The van der Waals surface area contributed by atoms with Crippen LogP contribution in [0.25, 0.3) is 0 Å². The number of thiophene rings is 1. The van der Waals surface area contributed by atoms with Crippen LogP contribution < -0.4 is 10.6 Å². The Labute approximate surface area is 147 Å². The van der Waals surface area contributed by atoms with E-state index in [-0.39, 0.29) is 5.54 Å². The number of ether oxygens (including phenoxy) is 1. The molecule has 0 aliphatic heterocycles. The second kappa shape index (κ2) is 7.44. The molecule has 0 bridgehead atoms. The van der Waals surface area contributed by atoms with Gasteiger partial charge in [0.05, 0.1) is 9.33 Å². The van der Waals surface area contributed by atoms with E-state index in [2.05, 4.69) is 48.6 Å². The number of amides is 1. The third-order valence-corrected chi connectivity index (χ3v) is 5.66. The average Bonchev–Trinajstić information content (AvgIpc) is 2.53. The molecule has 4 nitrogen and oxygen atoms in total. The van der Waals surface area contributed by atoms with Crippen molar-refractivity contribution < 1.29 is 9.53 Å². The van der Waals surface area contributed by atoms with Crippen LogP contribution in [-0.4, -0.2) is 23.8 Å². The third-order valence-electron chi connectivity index (χ3n) is 2.40. The lowest BCUT2D eigenvalue weighted by Gasteiger charge is -2.28. The van der Waals surface area contributed by atoms with Gasteiger partial charge in [0.1, 0.15) is 5.60 Å².